The van der Waals surface area contributed by atoms with E-state index in [4.69, 9.17) is 69.6 Å². The normalized spacial score (nSPS) is 29.6. The first kappa shape index (κ1) is 26.5. The fraction of sp³-hybridized carbons (Fsp3) is 0.261. The Bertz CT molecular complexity index is 1370. The summed E-state index contributed by atoms with van der Waals surface area (Å²) in [6.07, 6.45) is 0. The molecule has 1 aliphatic heterocycles. The predicted molar refractivity (Wildman–Crippen MR) is 139 cm³/mol. The van der Waals surface area contributed by atoms with Gasteiger partial charge in [0, 0.05) is 6.07 Å². The number of allylic oxidation sites excluding steroid dienone is 2. The maximum Gasteiger partial charge on any atom is 0.282 e. The number of alkyl halides is 4. The van der Waals surface area contributed by atoms with Gasteiger partial charge >= 0.3 is 0 Å². The zero-order chi connectivity index (χ0) is 27.1. The number of hydrogen-bond acceptors (Lipinski definition) is 5. The van der Waals surface area contributed by atoms with Gasteiger partial charge in [-0.25, -0.2) is 5.01 Å². The third-order valence-corrected chi connectivity index (χ3v) is 11.1. The number of nitro groups is 1. The molecule has 192 valence electrons. The van der Waals surface area contributed by atoms with Gasteiger partial charge in [0.15, 0.2) is 4.33 Å². The van der Waals surface area contributed by atoms with Gasteiger partial charge in [-0.3, -0.25) is 24.5 Å². The molecule has 1 heterocycles. The van der Waals surface area contributed by atoms with Crippen LogP contribution in [0.5, 0.6) is 0 Å². The molecule has 2 bridgehead atoms. The van der Waals surface area contributed by atoms with E-state index in [0.717, 1.165) is 11.1 Å². The lowest BCUT2D eigenvalue weighted by atomic mass is 9.84. The molecule has 0 unspecified atom stereocenters. The number of carbonyl (C=O) groups excluding carboxylic acids is 3. The van der Waals surface area contributed by atoms with E-state index in [0.29, 0.717) is 10.6 Å². The van der Waals surface area contributed by atoms with Crippen LogP contribution in [0.1, 0.15) is 15.9 Å². The summed E-state index contributed by atoms with van der Waals surface area (Å²) in [5.41, 5.74) is -0.334. The molecule has 3 aliphatic rings. The predicted octanol–water partition coefficient (Wildman–Crippen LogP) is 5.60. The quantitative estimate of drug-likeness (QED) is 0.187. The van der Waals surface area contributed by atoms with Crippen molar-refractivity contribution in [2.45, 2.75) is 20.6 Å². The van der Waals surface area contributed by atoms with E-state index >= 15 is 0 Å². The van der Waals surface area contributed by atoms with Crippen molar-refractivity contribution < 1.29 is 19.3 Å². The van der Waals surface area contributed by atoms with Gasteiger partial charge in [0.2, 0.25) is 0 Å². The van der Waals surface area contributed by atoms with Crippen molar-refractivity contribution >= 4 is 93.0 Å². The number of nitrogens with zero attached hydrogens (tertiary/aromatic N) is 3. The highest BCUT2D eigenvalue weighted by atomic mass is 35.5. The molecule has 5 rings (SSSR count). The van der Waals surface area contributed by atoms with Crippen molar-refractivity contribution in [3.8, 4) is 0 Å². The van der Waals surface area contributed by atoms with E-state index in [1.807, 2.05) is 0 Å². The summed E-state index contributed by atoms with van der Waals surface area (Å²) in [5, 5.41) is 12.5. The Morgan fingerprint density at radius 2 is 1.38 bits per heavy atom. The molecular weight excluding hydrogens is 611 g/mol. The minimum atomic E-state index is -2.14. The molecule has 0 spiro atoms. The molecule has 14 heteroatoms. The van der Waals surface area contributed by atoms with Gasteiger partial charge < -0.3 is 0 Å². The molecule has 2 aliphatic carbocycles. The summed E-state index contributed by atoms with van der Waals surface area (Å²) < 4.78 is -2.14. The number of benzene rings is 2. The number of amides is 3. The summed E-state index contributed by atoms with van der Waals surface area (Å²) >= 11 is 39.3. The zero-order valence-corrected chi connectivity index (χ0v) is 22.7. The van der Waals surface area contributed by atoms with Gasteiger partial charge in [-0.1, -0.05) is 88.9 Å². The Morgan fingerprint density at radius 3 is 1.89 bits per heavy atom. The molecule has 8 nitrogen and oxygen atoms in total. The van der Waals surface area contributed by atoms with Crippen LogP contribution in [-0.2, 0) is 16.1 Å². The van der Waals surface area contributed by atoms with Gasteiger partial charge in [0.05, 0.1) is 33.4 Å². The van der Waals surface area contributed by atoms with Gasteiger partial charge in [-0.2, -0.15) is 5.01 Å². The van der Waals surface area contributed by atoms with Crippen molar-refractivity contribution in [1.29, 1.82) is 0 Å². The number of rotatable bonds is 5. The second-order valence-electron chi connectivity index (χ2n) is 8.69. The summed E-state index contributed by atoms with van der Waals surface area (Å²) in [6, 6.07) is 13.6. The topological polar surface area (TPSA) is 101 Å². The Morgan fingerprint density at radius 1 is 0.892 bits per heavy atom. The maximum absolute atomic E-state index is 13.9. The van der Waals surface area contributed by atoms with Crippen LogP contribution in [0.3, 0.4) is 0 Å². The molecule has 2 aromatic rings. The first-order valence-electron chi connectivity index (χ1n) is 10.6. The van der Waals surface area contributed by atoms with Crippen LogP contribution in [0.25, 0.3) is 0 Å². The van der Waals surface area contributed by atoms with Gasteiger partial charge in [0.25, 0.3) is 23.4 Å². The van der Waals surface area contributed by atoms with Crippen LogP contribution in [0.4, 0.5) is 5.69 Å². The number of halogens is 6. The number of para-hydroxylation sites is 1. The second kappa shape index (κ2) is 8.73. The molecule has 2 fully saturated rings. The Kier molecular flexibility index (Phi) is 6.26. The van der Waals surface area contributed by atoms with E-state index < -0.39 is 54.2 Å². The molecule has 37 heavy (non-hydrogen) atoms. The fourth-order valence-electron chi connectivity index (χ4n) is 5.16. The highest BCUT2D eigenvalue weighted by molar-refractivity contribution is 6.66. The lowest BCUT2D eigenvalue weighted by Crippen LogP contribution is -2.55. The smallest absolute Gasteiger partial charge is 0.272 e. The molecule has 0 N–H and O–H groups in total. The van der Waals surface area contributed by atoms with Crippen LogP contribution < -0.4 is 0 Å². The van der Waals surface area contributed by atoms with E-state index in [1.165, 1.54) is 18.2 Å². The first-order chi connectivity index (χ1) is 17.3. The largest absolute Gasteiger partial charge is 0.282 e. The average molecular weight is 624 g/mol. The fourth-order valence-corrected chi connectivity index (χ4v) is 8.09. The van der Waals surface area contributed by atoms with Crippen molar-refractivity contribution in [3.05, 3.63) is 85.9 Å². The van der Waals surface area contributed by atoms with Crippen LogP contribution in [-0.4, -0.2) is 46.7 Å². The standard InChI is InChI=1S/C23H13Cl6N3O5/c24-16-17(25)22(27)15-14(21(16,26)23(22,28)29)19(34)31(20(15)35)30(10-11-6-2-1-3-7-11)18(33)12-8-4-5-9-13(12)32(36)37/h1-9,14-15H,10H2/t14-,15+,21-,22-/m1/s1. The maximum atomic E-state index is 13.9. The van der Waals surface area contributed by atoms with Crippen LogP contribution >= 0.6 is 69.6 Å². The number of hydrogen-bond donors (Lipinski definition) is 0. The minimum Gasteiger partial charge on any atom is -0.272 e. The van der Waals surface area contributed by atoms with Crippen molar-refractivity contribution in [2.75, 3.05) is 0 Å². The molecule has 0 aromatic heterocycles. The Hall–Kier alpha value is -2.07. The molecule has 3 amide bonds. The molecule has 1 saturated heterocycles. The van der Waals surface area contributed by atoms with E-state index in [2.05, 4.69) is 0 Å². The van der Waals surface area contributed by atoms with Gasteiger partial charge in [0.1, 0.15) is 15.3 Å². The molecule has 4 atom stereocenters. The lowest BCUT2D eigenvalue weighted by molar-refractivity contribution is -0.385. The highest BCUT2D eigenvalue weighted by Gasteiger charge is 2.88. The van der Waals surface area contributed by atoms with Gasteiger partial charge in [-0.05, 0) is 11.6 Å². The summed E-state index contributed by atoms with van der Waals surface area (Å²) in [4.78, 5) is 48.2. The van der Waals surface area contributed by atoms with E-state index in [-0.39, 0.29) is 22.2 Å². The molecular formula is C23H13Cl6N3O5. The third-order valence-electron chi connectivity index (χ3n) is 6.87. The molecule has 0 radical (unpaired) electrons. The van der Waals surface area contributed by atoms with Gasteiger partial charge in [-0.15, -0.1) is 23.2 Å². The van der Waals surface area contributed by atoms with Crippen molar-refractivity contribution in [1.82, 2.24) is 10.0 Å². The highest BCUT2D eigenvalue weighted by Crippen LogP contribution is 2.77. The molecule has 2 aromatic carbocycles. The van der Waals surface area contributed by atoms with Crippen molar-refractivity contribution in [3.63, 3.8) is 0 Å². The monoisotopic (exact) mass is 621 g/mol. The second-order valence-corrected chi connectivity index (χ2v) is 12.0. The Labute approximate surface area is 239 Å². The summed E-state index contributed by atoms with van der Waals surface area (Å²) in [7, 11) is 0. The van der Waals surface area contributed by atoms with Crippen LogP contribution in [0.15, 0.2) is 64.7 Å². The number of hydrazine groups is 1. The Balaban J connectivity index is 1.65. The number of carbonyl (C=O) groups is 3. The lowest BCUT2D eigenvalue weighted by Gasteiger charge is -2.37. The summed E-state index contributed by atoms with van der Waals surface area (Å²) in [5.74, 6) is -5.83. The van der Waals surface area contributed by atoms with Crippen molar-refractivity contribution in [2.24, 2.45) is 11.8 Å². The SMILES string of the molecule is O=C(c1ccccc1[N+](=O)[O-])N(Cc1ccccc1)N1C(=O)[C@@H]2[C@H](C1=O)[C@@]1(Cl)C(Cl)=C(Cl)[C@@]2(Cl)C1(Cl)Cl. The first-order valence-corrected chi connectivity index (χ1v) is 12.9. The van der Waals surface area contributed by atoms with Crippen LogP contribution in [0.2, 0.25) is 0 Å². The summed E-state index contributed by atoms with van der Waals surface area (Å²) in [6.45, 7) is -0.297. The number of nitro benzene ring substituents is 1. The zero-order valence-electron chi connectivity index (χ0n) is 18.2. The van der Waals surface area contributed by atoms with Crippen LogP contribution in [0, 0.1) is 22.0 Å². The number of fused-ring (bicyclic) bond motifs is 5. The minimum absolute atomic E-state index is 0.278. The number of imide groups is 1. The van der Waals surface area contributed by atoms with E-state index in [1.54, 1.807) is 30.3 Å². The van der Waals surface area contributed by atoms with E-state index in [9.17, 15) is 24.5 Å². The molecule has 1 saturated carbocycles. The third kappa shape index (κ3) is 3.27. The average Bonchev–Trinajstić information content (AvgIpc) is 3.26.